The average molecular weight is 274 g/mol. The molecule has 0 spiro atoms. The number of fused-ring (bicyclic) bond motifs is 1. The van der Waals surface area contributed by atoms with Gasteiger partial charge in [-0.15, -0.1) is 0 Å². The number of hydrogen-bond donors (Lipinski definition) is 2. The topological polar surface area (TPSA) is 101 Å². The number of carboxylic acids is 1. The standard InChI is InChI=1S/C14H14N2O4/c1-14(2)9-10(14)12(18)16(11(9)17)8-5-6(15)3-4-7(8)13(19)20/h3-5,9-10H,15H2,1-2H3,(H,19,20). The average Bonchev–Trinajstić information content (AvgIpc) is 2.79. The lowest BCUT2D eigenvalue weighted by molar-refractivity contribution is -0.125. The zero-order chi connectivity index (χ0) is 14.8. The zero-order valence-corrected chi connectivity index (χ0v) is 11.1. The Labute approximate surface area is 115 Å². The van der Waals surface area contributed by atoms with Crippen LogP contribution < -0.4 is 10.6 Å². The van der Waals surface area contributed by atoms with Crippen molar-refractivity contribution in [3.8, 4) is 0 Å². The quantitative estimate of drug-likeness (QED) is 0.621. The van der Waals surface area contributed by atoms with Crippen LogP contribution in [0.15, 0.2) is 18.2 Å². The first-order valence-electron chi connectivity index (χ1n) is 6.27. The Balaban J connectivity index is 2.08. The van der Waals surface area contributed by atoms with Crippen LogP contribution in [0.5, 0.6) is 0 Å². The molecule has 1 saturated carbocycles. The Kier molecular flexibility index (Phi) is 2.27. The van der Waals surface area contributed by atoms with Crippen molar-refractivity contribution in [2.75, 3.05) is 10.6 Å². The summed E-state index contributed by atoms with van der Waals surface area (Å²) < 4.78 is 0. The minimum absolute atomic E-state index is 0.0653. The Morgan fingerprint density at radius 2 is 1.80 bits per heavy atom. The first kappa shape index (κ1) is 12.7. The molecule has 2 atom stereocenters. The lowest BCUT2D eigenvalue weighted by Crippen LogP contribution is -2.37. The predicted molar refractivity (Wildman–Crippen MR) is 71.1 cm³/mol. The van der Waals surface area contributed by atoms with E-state index in [0.29, 0.717) is 5.69 Å². The molecule has 2 unspecified atom stereocenters. The number of rotatable bonds is 2. The van der Waals surface area contributed by atoms with Crippen LogP contribution in [-0.2, 0) is 9.59 Å². The molecule has 1 saturated heterocycles. The van der Waals surface area contributed by atoms with Crippen LogP contribution in [0, 0.1) is 17.3 Å². The SMILES string of the molecule is CC1(C)C2C(=O)N(c3cc(N)ccc3C(=O)O)C(=O)C21. The highest BCUT2D eigenvalue weighted by Gasteiger charge is 2.72. The van der Waals surface area contributed by atoms with Gasteiger partial charge in [-0.3, -0.25) is 9.59 Å². The van der Waals surface area contributed by atoms with Gasteiger partial charge in [0.1, 0.15) is 0 Å². The zero-order valence-electron chi connectivity index (χ0n) is 11.1. The fraction of sp³-hybridized carbons (Fsp3) is 0.357. The summed E-state index contributed by atoms with van der Waals surface area (Å²) >= 11 is 0. The van der Waals surface area contributed by atoms with Crippen LogP contribution in [0.4, 0.5) is 11.4 Å². The fourth-order valence-electron chi connectivity index (χ4n) is 3.10. The molecule has 3 N–H and O–H groups in total. The summed E-state index contributed by atoms with van der Waals surface area (Å²) in [5, 5.41) is 9.18. The number of carboxylic acid groups (broad SMARTS) is 1. The molecule has 2 fully saturated rings. The molecular formula is C14H14N2O4. The van der Waals surface area contributed by atoms with Crippen LogP contribution in [0.3, 0.4) is 0 Å². The number of carbonyl (C=O) groups excluding carboxylic acids is 2. The van der Waals surface area contributed by atoms with Crippen LogP contribution in [0.1, 0.15) is 24.2 Å². The molecule has 3 rings (SSSR count). The second kappa shape index (κ2) is 3.59. The number of piperidine rings is 1. The summed E-state index contributed by atoms with van der Waals surface area (Å²) in [6.07, 6.45) is 0. The van der Waals surface area contributed by atoms with Crippen molar-refractivity contribution in [2.45, 2.75) is 13.8 Å². The molecule has 1 aliphatic heterocycles. The highest BCUT2D eigenvalue weighted by atomic mass is 16.4. The van der Waals surface area contributed by atoms with Gasteiger partial charge in [-0.05, 0) is 23.6 Å². The third-order valence-corrected chi connectivity index (χ3v) is 4.29. The summed E-state index contributed by atoms with van der Waals surface area (Å²) in [7, 11) is 0. The van der Waals surface area contributed by atoms with Crippen LogP contribution in [0.2, 0.25) is 0 Å². The van der Waals surface area contributed by atoms with Gasteiger partial charge in [0.2, 0.25) is 11.8 Å². The first-order valence-corrected chi connectivity index (χ1v) is 6.27. The van der Waals surface area contributed by atoms with Crippen LogP contribution >= 0.6 is 0 Å². The molecule has 1 aromatic carbocycles. The van der Waals surface area contributed by atoms with Crippen molar-refractivity contribution in [1.82, 2.24) is 0 Å². The fourth-order valence-corrected chi connectivity index (χ4v) is 3.10. The number of hydrogen-bond acceptors (Lipinski definition) is 4. The Morgan fingerprint density at radius 3 is 2.30 bits per heavy atom. The monoisotopic (exact) mass is 274 g/mol. The molecule has 2 aliphatic rings. The van der Waals surface area contributed by atoms with Crippen LogP contribution in [-0.4, -0.2) is 22.9 Å². The van der Waals surface area contributed by atoms with Gasteiger partial charge in [-0.1, -0.05) is 13.8 Å². The van der Waals surface area contributed by atoms with Gasteiger partial charge in [0.15, 0.2) is 0 Å². The number of benzene rings is 1. The number of nitrogens with zero attached hydrogens (tertiary/aromatic N) is 1. The van der Waals surface area contributed by atoms with Gasteiger partial charge in [0, 0.05) is 5.69 Å². The van der Waals surface area contributed by atoms with Crippen molar-refractivity contribution in [3.63, 3.8) is 0 Å². The van der Waals surface area contributed by atoms with E-state index in [-0.39, 0.29) is 40.3 Å². The third-order valence-electron chi connectivity index (χ3n) is 4.29. The van der Waals surface area contributed by atoms with Gasteiger partial charge in [-0.2, -0.15) is 0 Å². The molecule has 0 bridgehead atoms. The molecule has 6 heteroatoms. The number of anilines is 2. The van der Waals surface area contributed by atoms with Crippen LogP contribution in [0.25, 0.3) is 0 Å². The molecular weight excluding hydrogens is 260 g/mol. The van der Waals surface area contributed by atoms with Gasteiger partial charge < -0.3 is 10.8 Å². The second-order valence-corrected chi connectivity index (χ2v) is 5.87. The van der Waals surface area contributed by atoms with E-state index in [2.05, 4.69) is 0 Å². The largest absolute Gasteiger partial charge is 0.478 e. The van der Waals surface area contributed by atoms with Crippen molar-refractivity contribution >= 4 is 29.2 Å². The maximum absolute atomic E-state index is 12.3. The smallest absolute Gasteiger partial charge is 0.337 e. The predicted octanol–water partition coefficient (Wildman–Crippen LogP) is 1.11. The normalized spacial score (nSPS) is 26.6. The minimum atomic E-state index is -1.19. The summed E-state index contributed by atoms with van der Waals surface area (Å²) in [4.78, 5) is 36.9. The van der Waals surface area contributed by atoms with Gasteiger partial charge >= 0.3 is 5.97 Å². The van der Waals surface area contributed by atoms with E-state index >= 15 is 0 Å². The summed E-state index contributed by atoms with van der Waals surface area (Å²) in [6, 6.07) is 4.10. The van der Waals surface area contributed by atoms with E-state index in [1.165, 1.54) is 18.2 Å². The molecule has 2 amide bonds. The molecule has 1 aromatic rings. The van der Waals surface area contributed by atoms with Gasteiger partial charge in [-0.25, -0.2) is 9.69 Å². The number of nitrogen functional groups attached to an aromatic ring is 1. The van der Waals surface area contributed by atoms with Crippen molar-refractivity contribution < 1.29 is 19.5 Å². The molecule has 104 valence electrons. The summed E-state index contributed by atoms with van der Waals surface area (Å²) in [5.41, 5.74) is 5.60. The summed E-state index contributed by atoms with van der Waals surface area (Å²) in [5.74, 6) is -2.56. The Hall–Kier alpha value is -2.37. The molecule has 0 aromatic heterocycles. The summed E-state index contributed by atoms with van der Waals surface area (Å²) in [6.45, 7) is 3.74. The van der Waals surface area contributed by atoms with Crippen molar-refractivity contribution in [2.24, 2.45) is 17.3 Å². The molecule has 1 aliphatic carbocycles. The molecule has 6 nitrogen and oxygen atoms in total. The van der Waals surface area contributed by atoms with Crippen molar-refractivity contribution in [1.29, 1.82) is 0 Å². The first-order chi connectivity index (χ1) is 9.26. The van der Waals surface area contributed by atoms with E-state index < -0.39 is 5.97 Å². The Morgan fingerprint density at radius 1 is 1.25 bits per heavy atom. The van der Waals surface area contributed by atoms with E-state index in [1.807, 2.05) is 13.8 Å². The lowest BCUT2D eigenvalue weighted by Gasteiger charge is -2.22. The number of carbonyl (C=O) groups is 3. The van der Waals surface area contributed by atoms with E-state index in [9.17, 15) is 19.5 Å². The van der Waals surface area contributed by atoms with E-state index in [4.69, 9.17) is 5.73 Å². The lowest BCUT2D eigenvalue weighted by atomic mass is 10.0. The van der Waals surface area contributed by atoms with Gasteiger partial charge in [0.25, 0.3) is 0 Å². The Bertz CT molecular complexity index is 641. The van der Waals surface area contributed by atoms with E-state index in [0.717, 1.165) is 4.90 Å². The number of nitrogens with two attached hydrogens (primary N) is 1. The molecule has 1 heterocycles. The minimum Gasteiger partial charge on any atom is -0.478 e. The molecule has 20 heavy (non-hydrogen) atoms. The second-order valence-electron chi connectivity index (χ2n) is 5.87. The number of imide groups is 1. The van der Waals surface area contributed by atoms with E-state index in [1.54, 1.807) is 0 Å². The maximum atomic E-state index is 12.3. The highest BCUT2D eigenvalue weighted by molar-refractivity contribution is 6.27. The maximum Gasteiger partial charge on any atom is 0.337 e. The molecule has 0 radical (unpaired) electrons. The van der Waals surface area contributed by atoms with Crippen molar-refractivity contribution in [3.05, 3.63) is 23.8 Å². The third kappa shape index (κ3) is 1.41. The highest BCUT2D eigenvalue weighted by Crippen LogP contribution is 2.63. The number of amides is 2. The van der Waals surface area contributed by atoms with Gasteiger partial charge in [0.05, 0.1) is 23.1 Å². The number of aromatic carboxylic acids is 1.